The van der Waals surface area contributed by atoms with Crippen molar-refractivity contribution in [2.24, 2.45) is 0 Å². The number of aryl methyl sites for hydroxylation is 1. The molecule has 8 heteroatoms. The molecular weight excluding hydrogens is 379 g/mol. The van der Waals surface area contributed by atoms with Crippen LogP contribution in [0.4, 0.5) is 10.5 Å². The predicted molar refractivity (Wildman–Crippen MR) is 98.3 cm³/mol. The Kier molecular flexibility index (Phi) is 4.71. The number of benzene rings is 2. The Balaban J connectivity index is 2.03. The summed E-state index contributed by atoms with van der Waals surface area (Å²) in [5.74, 6) is -1.74. The van der Waals surface area contributed by atoms with Gasteiger partial charge in [-0.05, 0) is 48.4 Å². The minimum atomic E-state index is -0.860. The third-order valence-electron chi connectivity index (χ3n) is 3.80. The number of rotatable bonds is 2. The van der Waals surface area contributed by atoms with Gasteiger partial charge in [0.1, 0.15) is 11.3 Å². The van der Waals surface area contributed by atoms with Crippen molar-refractivity contribution in [2.75, 3.05) is 4.90 Å². The number of phenols is 1. The summed E-state index contributed by atoms with van der Waals surface area (Å²) in [5.41, 5.74) is 1.20. The fraction of sp³-hybridized carbons (Fsp3) is 0.0556. The molecule has 0 atom stereocenters. The molecule has 6 nitrogen and oxygen atoms in total. The van der Waals surface area contributed by atoms with E-state index in [1.807, 2.05) is 0 Å². The lowest BCUT2D eigenvalue weighted by Crippen LogP contribution is -2.54. The van der Waals surface area contributed by atoms with Crippen LogP contribution < -0.4 is 10.2 Å². The molecule has 1 heterocycles. The van der Waals surface area contributed by atoms with E-state index < -0.39 is 17.8 Å². The Hall–Kier alpha value is -2.83. The number of carbonyl (C=O) groups excluding carboxylic acids is 3. The molecule has 0 saturated carbocycles. The molecule has 3 rings (SSSR count). The van der Waals surface area contributed by atoms with E-state index in [9.17, 15) is 19.5 Å². The van der Waals surface area contributed by atoms with Gasteiger partial charge >= 0.3 is 6.03 Å². The van der Waals surface area contributed by atoms with Crippen LogP contribution in [-0.2, 0) is 9.59 Å². The molecule has 2 N–H and O–H groups in total. The minimum absolute atomic E-state index is 0.0706. The van der Waals surface area contributed by atoms with Crippen LogP contribution >= 0.6 is 23.2 Å². The molecule has 0 unspecified atom stereocenters. The number of phenolic OH excluding ortho intramolecular Hbond substituents is 1. The third kappa shape index (κ3) is 3.29. The van der Waals surface area contributed by atoms with Gasteiger partial charge in [0.05, 0.1) is 10.7 Å². The van der Waals surface area contributed by atoms with E-state index in [4.69, 9.17) is 23.2 Å². The fourth-order valence-corrected chi connectivity index (χ4v) is 2.76. The van der Waals surface area contributed by atoms with Gasteiger partial charge < -0.3 is 5.11 Å². The number of hydrogen-bond donors (Lipinski definition) is 2. The van der Waals surface area contributed by atoms with Crippen molar-refractivity contribution in [2.45, 2.75) is 6.92 Å². The van der Waals surface area contributed by atoms with Crippen LogP contribution in [0.3, 0.4) is 0 Å². The molecule has 132 valence electrons. The summed E-state index contributed by atoms with van der Waals surface area (Å²) in [4.78, 5) is 37.9. The van der Waals surface area contributed by atoms with E-state index in [0.29, 0.717) is 10.6 Å². The summed E-state index contributed by atoms with van der Waals surface area (Å²) in [6.45, 7) is 1.79. The quantitative estimate of drug-likeness (QED) is 0.604. The van der Waals surface area contributed by atoms with Crippen molar-refractivity contribution in [1.29, 1.82) is 0 Å². The molecule has 1 fully saturated rings. The Morgan fingerprint density at radius 1 is 1.04 bits per heavy atom. The molecular formula is C18H12Cl2N2O4. The topological polar surface area (TPSA) is 86.7 Å². The second-order valence-electron chi connectivity index (χ2n) is 5.60. The molecule has 2 aromatic rings. The van der Waals surface area contributed by atoms with Crippen LogP contribution in [0.2, 0.25) is 10.0 Å². The standard InChI is InChI=1S/C18H12Cl2N2O4/c1-9-2-4-11(8-13(9)19)22-17(25)12(16(24)21-18(22)26)6-10-3-5-15(23)14(20)7-10/h2-8,23H,1H3,(H,21,24,26). The van der Waals surface area contributed by atoms with Crippen LogP contribution in [0.15, 0.2) is 42.0 Å². The maximum atomic E-state index is 12.7. The predicted octanol–water partition coefficient (Wildman–Crippen LogP) is 3.67. The molecule has 2 aromatic carbocycles. The number of hydrogen-bond acceptors (Lipinski definition) is 4. The molecule has 26 heavy (non-hydrogen) atoms. The first-order valence-electron chi connectivity index (χ1n) is 7.44. The highest BCUT2D eigenvalue weighted by Crippen LogP contribution is 2.28. The van der Waals surface area contributed by atoms with Crippen molar-refractivity contribution >= 4 is 52.8 Å². The van der Waals surface area contributed by atoms with Crippen molar-refractivity contribution in [3.63, 3.8) is 0 Å². The number of carbonyl (C=O) groups is 3. The van der Waals surface area contributed by atoms with E-state index in [2.05, 4.69) is 5.32 Å². The van der Waals surface area contributed by atoms with Crippen molar-refractivity contribution in [1.82, 2.24) is 5.32 Å². The van der Waals surface area contributed by atoms with Crippen LogP contribution in [0.25, 0.3) is 6.08 Å². The lowest BCUT2D eigenvalue weighted by Gasteiger charge is -2.26. The van der Waals surface area contributed by atoms with Crippen molar-refractivity contribution in [3.8, 4) is 5.75 Å². The lowest BCUT2D eigenvalue weighted by molar-refractivity contribution is -0.122. The van der Waals surface area contributed by atoms with E-state index in [0.717, 1.165) is 10.5 Å². The highest BCUT2D eigenvalue weighted by atomic mass is 35.5. The van der Waals surface area contributed by atoms with E-state index in [1.165, 1.54) is 30.3 Å². The van der Waals surface area contributed by atoms with Crippen molar-refractivity contribution < 1.29 is 19.5 Å². The van der Waals surface area contributed by atoms with Gasteiger partial charge in [0.25, 0.3) is 11.8 Å². The zero-order chi connectivity index (χ0) is 19.0. The summed E-state index contributed by atoms with van der Waals surface area (Å²) in [6, 6.07) is 8.05. The van der Waals surface area contributed by atoms with Crippen LogP contribution in [0.5, 0.6) is 5.75 Å². The Bertz CT molecular complexity index is 985. The summed E-state index contributed by atoms with van der Waals surface area (Å²) in [7, 11) is 0. The molecule has 4 amide bonds. The molecule has 0 spiro atoms. The van der Waals surface area contributed by atoms with Crippen LogP contribution in [-0.4, -0.2) is 23.0 Å². The Morgan fingerprint density at radius 3 is 2.42 bits per heavy atom. The van der Waals surface area contributed by atoms with Gasteiger partial charge in [0, 0.05) is 5.02 Å². The zero-order valence-electron chi connectivity index (χ0n) is 13.4. The number of halogens is 2. The summed E-state index contributed by atoms with van der Waals surface area (Å²) in [5, 5.41) is 12.0. The van der Waals surface area contributed by atoms with E-state index in [-0.39, 0.29) is 22.0 Å². The summed E-state index contributed by atoms with van der Waals surface area (Å²) in [6.07, 6.45) is 1.29. The molecule has 1 saturated heterocycles. The second kappa shape index (κ2) is 6.82. The van der Waals surface area contributed by atoms with Crippen molar-refractivity contribution in [3.05, 3.63) is 63.1 Å². The second-order valence-corrected chi connectivity index (χ2v) is 6.42. The molecule has 0 aliphatic carbocycles. The largest absolute Gasteiger partial charge is 0.506 e. The first-order chi connectivity index (χ1) is 12.3. The van der Waals surface area contributed by atoms with E-state index in [1.54, 1.807) is 19.1 Å². The number of nitrogens with zero attached hydrogens (tertiary/aromatic N) is 1. The number of aromatic hydroxyl groups is 1. The van der Waals surface area contributed by atoms with E-state index >= 15 is 0 Å². The summed E-state index contributed by atoms with van der Waals surface area (Å²) < 4.78 is 0. The number of nitrogens with one attached hydrogen (secondary N) is 1. The van der Waals surface area contributed by atoms with Gasteiger partial charge in [-0.1, -0.05) is 35.3 Å². The summed E-state index contributed by atoms with van der Waals surface area (Å²) >= 11 is 11.9. The van der Waals surface area contributed by atoms with Crippen LogP contribution in [0, 0.1) is 6.92 Å². The molecule has 0 aromatic heterocycles. The monoisotopic (exact) mass is 390 g/mol. The zero-order valence-corrected chi connectivity index (χ0v) is 14.9. The van der Waals surface area contributed by atoms with Gasteiger partial charge in [-0.25, -0.2) is 9.69 Å². The number of imide groups is 2. The highest BCUT2D eigenvalue weighted by Gasteiger charge is 2.36. The lowest BCUT2D eigenvalue weighted by atomic mass is 10.1. The molecule has 0 bridgehead atoms. The minimum Gasteiger partial charge on any atom is -0.506 e. The normalized spacial score (nSPS) is 16.2. The average Bonchev–Trinajstić information content (AvgIpc) is 2.57. The average molecular weight is 391 g/mol. The smallest absolute Gasteiger partial charge is 0.335 e. The first kappa shape index (κ1) is 18.0. The first-order valence-corrected chi connectivity index (χ1v) is 8.19. The molecule has 1 aliphatic heterocycles. The Morgan fingerprint density at radius 2 is 1.77 bits per heavy atom. The van der Waals surface area contributed by atoms with Crippen LogP contribution in [0.1, 0.15) is 11.1 Å². The maximum Gasteiger partial charge on any atom is 0.335 e. The van der Waals surface area contributed by atoms with Gasteiger partial charge in [-0.2, -0.15) is 0 Å². The number of barbiturate groups is 1. The third-order valence-corrected chi connectivity index (χ3v) is 4.51. The van der Waals surface area contributed by atoms with Gasteiger partial charge in [0.2, 0.25) is 0 Å². The number of anilines is 1. The maximum absolute atomic E-state index is 12.7. The number of urea groups is 1. The fourth-order valence-electron chi connectivity index (χ4n) is 2.39. The van der Waals surface area contributed by atoms with Gasteiger partial charge in [-0.3, -0.25) is 14.9 Å². The SMILES string of the molecule is Cc1ccc(N2C(=O)NC(=O)C(=Cc3ccc(O)c(Cl)c3)C2=O)cc1Cl. The molecule has 1 aliphatic rings. The highest BCUT2D eigenvalue weighted by molar-refractivity contribution is 6.39. The van der Waals surface area contributed by atoms with Gasteiger partial charge in [0.15, 0.2) is 0 Å². The van der Waals surface area contributed by atoms with Gasteiger partial charge in [-0.15, -0.1) is 0 Å². The Labute approximate surface area is 158 Å². The number of amides is 4. The molecule has 0 radical (unpaired) electrons.